The molecule has 2 heterocycles. The number of carbonyl (C=O) groups excluding carboxylic acids is 1. The Morgan fingerprint density at radius 1 is 1.43 bits per heavy atom. The topological polar surface area (TPSA) is 33.2 Å². The van der Waals surface area contributed by atoms with Crippen LogP contribution in [-0.4, -0.2) is 28.9 Å². The molecule has 2 rings (SSSR count). The van der Waals surface area contributed by atoms with Crippen LogP contribution in [-0.2, 0) is 0 Å². The van der Waals surface area contributed by atoms with Crippen LogP contribution < -0.4 is 0 Å². The summed E-state index contributed by atoms with van der Waals surface area (Å²) in [5.74, 6) is 0.0370. The van der Waals surface area contributed by atoms with Crippen molar-refractivity contribution in [2.45, 2.75) is 12.8 Å². The summed E-state index contributed by atoms with van der Waals surface area (Å²) in [6.07, 6.45) is 3.86. The zero-order chi connectivity index (χ0) is 9.97. The van der Waals surface area contributed by atoms with E-state index in [1.54, 1.807) is 6.20 Å². The van der Waals surface area contributed by atoms with E-state index >= 15 is 0 Å². The number of likely N-dealkylation sites (tertiary alicyclic amines) is 1. The molecule has 3 nitrogen and oxygen atoms in total. The molecule has 0 aromatic carbocycles. The fourth-order valence-corrected chi connectivity index (χ4v) is 2.04. The van der Waals surface area contributed by atoms with E-state index in [4.69, 9.17) is 0 Å². The van der Waals surface area contributed by atoms with Gasteiger partial charge in [0.25, 0.3) is 5.91 Å². The summed E-state index contributed by atoms with van der Waals surface area (Å²) in [7, 11) is 0. The number of nitrogens with zero attached hydrogens (tertiary/aromatic N) is 2. The largest absolute Gasteiger partial charge is 0.337 e. The van der Waals surface area contributed by atoms with Crippen molar-refractivity contribution in [1.29, 1.82) is 0 Å². The van der Waals surface area contributed by atoms with E-state index in [0.717, 1.165) is 30.4 Å². The smallest absolute Gasteiger partial charge is 0.273 e. The molecule has 0 N–H and O–H groups in total. The molecular formula is C10H11BrN2O. The summed E-state index contributed by atoms with van der Waals surface area (Å²) in [5, 5.41) is 0. The average Bonchev–Trinajstić information content (AvgIpc) is 2.70. The molecule has 1 amide bonds. The lowest BCUT2D eigenvalue weighted by Crippen LogP contribution is -2.28. The van der Waals surface area contributed by atoms with Crippen LogP contribution in [0, 0.1) is 0 Å². The summed E-state index contributed by atoms with van der Waals surface area (Å²) in [6.45, 7) is 1.73. The van der Waals surface area contributed by atoms with Crippen molar-refractivity contribution in [3.05, 3.63) is 28.5 Å². The SMILES string of the molecule is O=C(c1ncccc1Br)N1CCCC1. The number of halogens is 1. The maximum Gasteiger partial charge on any atom is 0.273 e. The molecule has 0 aliphatic carbocycles. The van der Waals surface area contributed by atoms with Gasteiger partial charge in [0.1, 0.15) is 5.69 Å². The van der Waals surface area contributed by atoms with Gasteiger partial charge in [-0.25, -0.2) is 4.98 Å². The molecule has 0 atom stereocenters. The molecule has 14 heavy (non-hydrogen) atoms. The lowest BCUT2D eigenvalue weighted by atomic mass is 10.3. The van der Waals surface area contributed by atoms with Gasteiger partial charge in [0.05, 0.1) is 0 Å². The van der Waals surface area contributed by atoms with Gasteiger partial charge in [-0.05, 0) is 40.9 Å². The highest BCUT2D eigenvalue weighted by Crippen LogP contribution is 2.18. The predicted octanol–water partition coefficient (Wildman–Crippen LogP) is 2.08. The first-order valence-corrected chi connectivity index (χ1v) is 5.48. The van der Waals surface area contributed by atoms with Gasteiger partial charge in [-0.2, -0.15) is 0 Å². The number of carbonyl (C=O) groups is 1. The van der Waals surface area contributed by atoms with Crippen molar-refractivity contribution < 1.29 is 4.79 Å². The fraction of sp³-hybridized carbons (Fsp3) is 0.400. The van der Waals surface area contributed by atoms with Crippen LogP contribution in [0.25, 0.3) is 0 Å². The molecule has 4 heteroatoms. The minimum Gasteiger partial charge on any atom is -0.337 e. The van der Waals surface area contributed by atoms with E-state index in [-0.39, 0.29) is 5.91 Å². The van der Waals surface area contributed by atoms with E-state index < -0.39 is 0 Å². The van der Waals surface area contributed by atoms with Gasteiger partial charge in [0.2, 0.25) is 0 Å². The van der Waals surface area contributed by atoms with Crippen molar-refractivity contribution in [1.82, 2.24) is 9.88 Å². The van der Waals surface area contributed by atoms with Crippen LogP contribution in [0.5, 0.6) is 0 Å². The molecule has 1 aliphatic heterocycles. The quantitative estimate of drug-likeness (QED) is 0.769. The van der Waals surface area contributed by atoms with Gasteiger partial charge in [-0.3, -0.25) is 4.79 Å². The number of pyridine rings is 1. The van der Waals surface area contributed by atoms with Gasteiger partial charge in [-0.1, -0.05) is 0 Å². The summed E-state index contributed by atoms with van der Waals surface area (Å²) < 4.78 is 0.775. The first-order valence-electron chi connectivity index (χ1n) is 4.69. The maximum atomic E-state index is 11.9. The normalized spacial score (nSPS) is 15.9. The van der Waals surface area contributed by atoms with Crippen LogP contribution >= 0.6 is 15.9 Å². The van der Waals surface area contributed by atoms with Crippen molar-refractivity contribution in [3.63, 3.8) is 0 Å². The Balaban J connectivity index is 2.22. The fourth-order valence-electron chi connectivity index (χ4n) is 1.61. The van der Waals surface area contributed by atoms with Crippen LogP contribution in [0.3, 0.4) is 0 Å². The number of rotatable bonds is 1. The highest BCUT2D eigenvalue weighted by Gasteiger charge is 2.21. The van der Waals surface area contributed by atoms with E-state index in [0.29, 0.717) is 5.69 Å². The summed E-state index contributed by atoms with van der Waals surface area (Å²) in [5.41, 5.74) is 0.523. The molecule has 0 bridgehead atoms. The zero-order valence-electron chi connectivity index (χ0n) is 7.74. The van der Waals surface area contributed by atoms with E-state index in [1.807, 2.05) is 17.0 Å². The van der Waals surface area contributed by atoms with E-state index in [1.165, 1.54) is 0 Å². The molecule has 0 saturated carbocycles. The van der Waals surface area contributed by atoms with Gasteiger partial charge in [0.15, 0.2) is 0 Å². The van der Waals surface area contributed by atoms with Gasteiger partial charge in [-0.15, -0.1) is 0 Å². The van der Waals surface area contributed by atoms with Crippen LogP contribution in [0.4, 0.5) is 0 Å². The Hall–Kier alpha value is -0.900. The van der Waals surface area contributed by atoms with Crippen LogP contribution in [0.1, 0.15) is 23.3 Å². The molecule has 1 aromatic heterocycles. The number of hydrogen-bond acceptors (Lipinski definition) is 2. The van der Waals surface area contributed by atoms with Gasteiger partial charge >= 0.3 is 0 Å². The van der Waals surface area contributed by atoms with Gasteiger partial charge < -0.3 is 4.90 Å². The monoisotopic (exact) mass is 254 g/mol. The molecule has 1 aromatic rings. The van der Waals surface area contributed by atoms with Crippen molar-refractivity contribution >= 4 is 21.8 Å². The Labute approximate surface area is 91.3 Å². The molecule has 0 radical (unpaired) electrons. The minimum absolute atomic E-state index is 0.0370. The molecule has 1 aliphatic rings. The van der Waals surface area contributed by atoms with E-state index in [2.05, 4.69) is 20.9 Å². The second kappa shape index (κ2) is 4.09. The summed E-state index contributed by atoms with van der Waals surface area (Å²) in [6, 6.07) is 3.65. The minimum atomic E-state index is 0.0370. The Kier molecular flexibility index (Phi) is 2.82. The first kappa shape index (κ1) is 9.65. The summed E-state index contributed by atoms with van der Waals surface area (Å²) in [4.78, 5) is 17.8. The second-order valence-corrected chi connectivity index (χ2v) is 4.19. The molecule has 74 valence electrons. The Bertz CT molecular complexity index is 348. The average molecular weight is 255 g/mol. The molecular weight excluding hydrogens is 244 g/mol. The van der Waals surface area contributed by atoms with Crippen molar-refractivity contribution in [2.24, 2.45) is 0 Å². The van der Waals surface area contributed by atoms with E-state index in [9.17, 15) is 4.79 Å². The highest BCUT2D eigenvalue weighted by molar-refractivity contribution is 9.10. The summed E-state index contributed by atoms with van der Waals surface area (Å²) >= 11 is 3.33. The highest BCUT2D eigenvalue weighted by atomic mass is 79.9. The number of amides is 1. The third-order valence-corrected chi connectivity index (χ3v) is 2.99. The third kappa shape index (κ3) is 1.80. The molecule has 1 saturated heterocycles. The lowest BCUT2D eigenvalue weighted by Gasteiger charge is -2.14. The maximum absolute atomic E-state index is 11.9. The van der Waals surface area contributed by atoms with Crippen molar-refractivity contribution in [3.8, 4) is 0 Å². The number of aromatic nitrogens is 1. The standard InChI is InChI=1S/C10H11BrN2O/c11-8-4-3-5-12-9(8)10(14)13-6-1-2-7-13/h3-5H,1-2,6-7H2. The second-order valence-electron chi connectivity index (χ2n) is 3.33. The Morgan fingerprint density at radius 3 is 2.79 bits per heavy atom. The lowest BCUT2D eigenvalue weighted by molar-refractivity contribution is 0.0786. The van der Waals surface area contributed by atoms with Crippen LogP contribution in [0.15, 0.2) is 22.8 Å². The Morgan fingerprint density at radius 2 is 2.14 bits per heavy atom. The molecule has 1 fully saturated rings. The molecule has 0 spiro atoms. The van der Waals surface area contributed by atoms with Gasteiger partial charge in [0, 0.05) is 23.8 Å². The van der Waals surface area contributed by atoms with Crippen LogP contribution in [0.2, 0.25) is 0 Å². The third-order valence-electron chi connectivity index (χ3n) is 2.35. The first-order chi connectivity index (χ1) is 6.79. The van der Waals surface area contributed by atoms with Crippen molar-refractivity contribution in [2.75, 3.05) is 13.1 Å². The predicted molar refractivity (Wildman–Crippen MR) is 57.1 cm³/mol. The molecule has 0 unspecified atom stereocenters. The zero-order valence-corrected chi connectivity index (χ0v) is 9.33. The number of hydrogen-bond donors (Lipinski definition) is 0.